The molecule has 0 radical (unpaired) electrons. The zero-order valence-electron chi connectivity index (χ0n) is 11.1. The minimum atomic E-state index is 0.645. The first kappa shape index (κ1) is 12.2. The first-order valence-electron chi connectivity index (χ1n) is 6.37. The molecule has 3 nitrogen and oxygen atoms in total. The standard InChI is InChI=1S/C17H13N3/c1-13-12-20(16-10-8-15(18-2)9-11-16)17(19-13)14-6-4-3-5-7-14/h3-12H,1H3. The molecule has 0 spiro atoms. The maximum atomic E-state index is 7.01. The summed E-state index contributed by atoms with van der Waals surface area (Å²) >= 11 is 0. The van der Waals surface area contributed by atoms with E-state index in [9.17, 15) is 0 Å². The van der Waals surface area contributed by atoms with Gasteiger partial charge in [0.05, 0.1) is 12.3 Å². The van der Waals surface area contributed by atoms with E-state index in [0.29, 0.717) is 5.69 Å². The van der Waals surface area contributed by atoms with Crippen LogP contribution in [0.5, 0.6) is 0 Å². The first-order valence-corrected chi connectivity index (χ1v) is 6.37. The molecular formula is C17H13N3. The quantitative estimate of drug-likeness (QED) is 0.625. The van der Waals surface area contributed by atoms with Crippen molar-refractivity contribution in [3.05, 3.63) is 77.9 Å². The fourth-order valence-corrected chi connectivity index (χ4v) is 2.17. The van der Waals surface area contributed by atoms with Gasteiger partial charge in [-0.1, -0.05) is 42.5 Å². The molecule has 0 N–H and O–H groups in total. The smallest absolute Gasteiger partial charge is 0.187 e. The number of nitrogens with zero attached hydrogens (tertiary/aromatic N) is 3. The number of hydrogen-bond acceptors (Lipinski definition) is 1. The van der Waals surface area contributed by atoms with Crippen molar-refractivity contribution in [2.45, 2.75) is 6.92 Å². The monoisotopic (exact) mass is 259 g/mol. The van der Waals surface area contributed by atoms with E-state index in [4.69, 9.17) is 6.57 Å². The second kappa shape index (κ2) is 5.02. The molecule has 0 unspecified atom stereocenters. The Morgan fingerprint density at radius 3 is 2.35 bits per heavy atom. The van der Waals surface area contributed by atoms with Crippen molar-refractivity contribution >= 4 is 5.69 Å². The molecule has 0 amide bonds. The number of aromatic nitrogens is 2. The van der Waals surface area contributed by atoms with Crippen LogP contribution in [0.25, 0.3) is 21.9 Å². The number of imidazole rings is 1. The molecule has 3 rings (SSSR count). The number of benzene rings is 2. The average Bonchev–Trinajstić information content (AvgIpc) is 2.90. The lowest BCUT2D eigenvalue weighted by Gasteiger charge is -2.07. The molecule has 0 bridgehead atoms. The van der Waals surface area contributed by atoms with Crippen LogP contribution in [-0.2, 0) is 0 Å². The highest BCUT2D eigenvalue weighted by atomic mass is 15.1. The zero-order chi connectivity index (χ0) is 13.9. The summed E-state index contributed by atoms with van der Waals surface area (Å²) in [4.78, 5) is 8.02. The molecule has 2 aromatic carbocycles. The van der Waals surface area contributed by atoms with Gasteiger partial charge in [0, 0.05) is 17.4 Å². The van der Waals surface area contributed by atoms with Crippen molar-refractivity contribution in [2.75, 3.05) is 0 Å². The van der Waals surface area contributed by atoms with Gasteiger partial charge >= 0.3 is 0 Å². The molecule has 20 heavy (non-hydrogen) atoms. The molecule has 0 atom stereocenters. The predicted molar refractivity (Wildman–Crippen MR) is 80.0 cm³/mol. The molecule has 3 heteroatoms. The van der Waals surface area contributed by atoms with Gasteiger partial charge in [0.15, 0.2) is 5.69 Å². The summed E-state index contributed by atoms with van der Waals surface area (Å²) in [6.07, 6.45) is 2.01. The number of hydrogen-bond donors (Lipinski definition) is 0. The predicted octanol–water partition coefficient (Wildman–Crippen LogP) is 4.40. The van der Waals surface area contributed by atoms with Gasteiger partial charge in [0.25, 0.3) is 0 Å². The Balaban J connectivity index is 2.12. The third-order valence-corrected chi connectivity index (χ3v) is 3.12. The lowest BCUT2D eigenvalue weighted by molar-refractivity contribution is 1.07. The van der Waals surface area contributed by atoms with E-state index < -0.39 is 0 Å². The second-order valence-corrected chi connectivity index (χ2v) is 4.57. The van der Waals surface area contributed by atoms with Crippen LogP contribution in [-0.4, -0.2) is 9.55 Å². The SMILES string of the molecule is [C-]#[N+]c1ccc(-n2cc(C)nc2-c2ccccc2)cc1. The number of rotatable bonds is 2. The third-order valence-electron chi connectivity index (χ3n) is 3.12. The highest BCUT2D eigenvalue weighted by Gasteiger charge is 2.09. The minimum Gasteiger partial charge on any atom is -0.300 e. The molecule has 0 saturated carbocycles. The molecule has 1 heterocycles. The Morgan fingerprint density at radius 1 is 1.00 bits per heavy atom. The lowest BCUT2D eigenvalue weighted by atomic mass is 10.2. The normalized spacial score (nSPS) is 10.2. The van der Waals surface area contributed by atoms with E-state index in [0.717, 1.165) is 22.8 Å². The lowest BCUT2D eigenvalue weighted by Crippen LogP contribution is -1.95. The maximum Gasteiger partial charge on any atom is 0.187 e. The van der Waals surface area contributed by atoms with E-state index in [1.54, 1.807) is 0 Å². The summed E-state index contributed by atoms with van der Waals surface area (Å²) in [5.41, 5.74) is 3.71. The molecular weight excluding hydrogens is 246 g/mol. The van der Waals surface area contributed by atoms with E-state index in [-0.39, 0.29) is 0 Å². The topological polar surface area (TPSA) is 22.2 Å². The summed E-state index contributed by atoms with van der Waals surface area (Å²) in [5.74, 6) is 0.915. The van der Waals surface area contributed by atoms with E-state index in [1.807, 2.05) is 67.7 Å². The highest BCUT2D eigenvalue weighted by Crippen LogP contribution is 2.24. The summed E-state index contributed by atoms with van der Waals surface area (Å²) in [6, 6.07) is 17.6. The van der Waals surface area contributed by atoms with Crippen molar-refractivity contribution in [3.63, 3.8) is 0 Å². The Hall–Kier alpha value is -2.86. The van der Waals surface area contributed by atoms with Crippen molar-refractivity contribution in [3.8, 4) is 17.1 Å². The molecule has 0 aliphatic heterocycles. The minimum absolute atomic E-state index is 0.645. The maximum absolute atomic E-state index is 7.01. The van der Waals surface area contributed by atoms with Gasteiger partial charge < -0.3 is 0 Å². The third kappa shape index (κ3) is 2.19. The van der Waals surface area contributed by atoms with Gasteiger partial charge in [-0.25, -0.2) is 9.83 Å². The molecule has 0 aliphatic carbocycles. The Labute approximate surface area is 118 Å². The van der Waals surface area contributed by atoms with Crippen LogP contribution in [0.4, 0.5) is 5.69 Å². The Bertz CT molecular complexity index is 762. The summed E-state index contributed by atoms with van der Waals surface area (Å²) in [7, 11) is 0. The molecule has 3 aromatic rings. The average molecular weight is 259 g/mol. The van der Waals surface area contributed by atoms with Gasteiger partial charge in [-0.2, -0.15) is 0 Å². The fraction of sp³-hybridized carbons (Fsp3) is 0.0588. The summed E-state index contributed by atoms with van der Waals surface area (Å²) < 4.78 is 2.05. The van der Waals surface area contributed by atoms with Crippen LogP contribution in [0.15, 0.2) is 60.8 Å². The van der Waals surface area contributed by atoms with Crippen LogP contribution in [0.2, 0.25) is 0 Å². The van der Waals surface area contributed by atoms with E-state index in [2.05, 4.69) is 14.4 Å². The van der Waals surface area contributed by atoms with Crippen LogP contribution < -0.4 is 0 Å². The van der Waals surface area contributed by atoms with Gasteiger partial charge in [-0.15, -0.1) is 0 Å². The van der Waals surface area contributed by atoms with Gasteiger partial charge in [0.2, 0.25) is 0 Å². The van der Waals surface area contributed by atoms with Crippen LogP contribution in [0, 0.1) is 13.5 Å². The Kier molecular flexibility index (Phi) is 3.06. The van der Waals surface area contributed by atoms with Crippen molar-refractivity contribution < 1.29 is 0 Å². The van der Waals surface area contributed by atoms with Crippen LogP contribution in [0.1, 0.15) is 5.69 Å². The molecule has 1 aromatic heterocycles. The van der Waals surface area contributed by atoms with Crippen molar-refractivity contribution in [1.82, 2.24) is 9.55 Å². The molecule has 0 fully saturated rings. The van der Waals surface area contributed by atoms with Gasteiger partial charge in [0.1, 0.15) is 5.82 Å². The molecule has 0 aliphatic rings. The highest BCUT2D eigenvalue weighted by molar-refractivity contribution is 5.60. The first-order chi connectivity index (χ1) is 9.78. The second-order valence-electron chi connectivity index (χ2n) is 4.57. The summed E-state index contributed by atoms with van der Waals surface area (Å²) in [6.45, 7) is 8.99. The van der Waals surface area contributed by atoms with Crippen molar-refractivity contribution in [1.29, 1.82) is 0 Å². The van der Waals surface area contributed by atoms with Gasteiger partial charge in [-0.3, -0.25) is 4.57 Å². The molecule has 0 saturated heterocycles. The van der Waals surface area contributed by atoms with Gasteiger partial charge in [-0.05, 0) is 19.1 Å². The van der Waals surface area contributed by atoms with E-state index in [1.165, 1.54) is 0 Å². The summed E-state index contributed by atoms with van der Waals surface area (Å²) in [5, 5.41) is 0. The fourth-order valence-electron chi connectivity index (χ4n) is 2.17. The van der Waals surface area contributed by atoms with Crippen LogP contribution in [0.3, 0.4) is 0 Å². The van der Waals surface area contributed by atoms with E-state index >= 15 is 0 Å². The van der Waals surface area contributed by atoms with Crippen LogP contribution >= 0.6 is 0 Å². The molecule has 96 valence electrons. The Morgan fingerprint density at radius 2 is 1.70 bits per heavy atom. The largest absolute Gasteiger partial charge is 0.300 e. The number of aryl methyl sites for hydroxylation is 1. The van der Waals surface area contributed by atoms with Crippen molar-refractivity contribution in [2.24, 2.45) is 0 Å². The zero-order valence-corrected chi connectivity index (χ0v) is 11.1.